The van der Waals surface area contributed by atoms with E-state index in [1.54, 1.807) is 12.1 Å². The van der Waals surface area contributed by atoms with E-state index in [2.05, 4.69) is 32.5 Å². The number of anilines is 1. The molecule has 3 aromatic rings. The van der Waals surface area contributed by atoms with Gasteiger partial charge in [-0.1, -0.05) is 29.3 Å². The molecule has 0 saturated carbocycles. The Morgan fingerprint density at radius 3 is 2.39 bits per heavy atom. The third kappa shape index (κ3) is 5.13. The van der Waals surface area contributed by atoms with Crippen LogP contribution in [0.1, 0.15) is 22.5 Å². The van der Waals surface area contributed by atoms with Gasteiger partial charge in [-0.25, -0.2) is 5.43 Å². The van der Waals surface area contributed by atoms with Crippen LogP contribution in [0.2, 0.25) is 5.02 Å². The predicted molar refractivity (Wildman–Crippen MR) is 122 cm³/mol. The Hall–Kier alpha value is -3.58. The van der Waals surface area contributed by atoms with Crippen molar-refractivity contribution in [3.8, 4) is 11.4 Å². The SMILES string of the molecule is COc1ccc(NC(=O)C(=O)N/N=C\c2cc(C)n(-c3ccc(C)cc3)c2C)cc1Cl. The Bertz CT molecular complexity index is 1150. The lowest BCUT2D eigenvalue weighted by Gasteiger charge is -2.09. The Morgan fingerprint density at radius 2 is 1.74 bits per heavy atom. The molecule has 8 heteroatoms. The number of carbonyl (C=O) groups excluding carboxylic acids is 2. The molecule has 7 nitrogen and oxygen atoms in total. The summed E-state index contributed by atoms with van der Waals surface area (Å²) in [4.78, 5) is 24.1. The molecule has 0 aliphatic heterocycles. The Balaban J connectivity index is 1.65. The van der Waals surface area contributed by atoms with E-state index in [1.807, 2.05) is 39.0 Å². The molecule has 0 radical (unpaired) electrons. The fourth-order valence-corrected chi connectivity index (χ4v) is 3.41. The third-order valence-corrected chi connectivity index (χ3v) is 5.04. The summed E-state index contributed by atoms with van der Waals surface area (Å²) in [5, 5.41) is 6.71. The Kier molecular flexibility index (Phi) is 6.77. The van der Waals surface area contributed by atoms with Gasteiger partial charge in [-0.2, -0.15) is 5.10 Å². The molecule has 0 aliphatic rings. The molecular weight excluding hydrogens is 416 g/mol. The molecule has 0 spiro atoms. The van der Waals surface area contributed by atoms with Gasteiger partial charge >= 0.3 is 11.8 Å². The number of aromatic nitrogens is 1. The number of ether oxygens (including phenoxy) is 1. The van der Waals surface area contributed by atoms with E-state index in [-0.39, 0.29) is 0 Å². The molecule has 0 fully saturated rings. The number of nitrogens with one attached hydrogen (secondary N) is 2. The van der Waals surface area contributed by atoms with Crippen LogP contribution >= 0.6 is 11.6 Å². The van der Waals surface area contributed by atoms with Gasteiger partial charge in [0.25, 0.3) is 0 Å². The van der Waals surface area contributed by atoms with Gasteiger partial charge < -0.3 is 14.6 Å². The molecule has 0 unspecified atom stereocenters. The number of methoxy groups -OCH3 is 1. The van der Waals surface area contributed by atoms with Crippen molar-refractivity contribution >= 4 is 35.3 Å². The zero-order valence-electron chi connectivity index (χ0n) is 17.7. The van der Waals surface area contributed by atoms with Crippen molar-refractivity contribution in [2.45, 2.75) is 20.8 Å². The topological polar surface area (TPSA) is 84.7 Å². The summed E-state index contributed by atoms with van der Waals surface area (Å²) >= 11 is 6.02. The van der Waals surface area contributed by atoms with E-state index in [9.17, 15) is 9.59 Å². The number of amides is 2. The average Bonchev–Trinajstić information content (AvgIpc) is 3.02. The first-order valence-electron chi connectivity index (χ1n) is 9.54. The molecule has 2 amide bonds. The first kappa shape index (κ1) is 22.1. The van der Waals surface area contributed by atoms with Crippen molar-refractivity contribution in [2.75, 3.05) is 12.4 Å². The van der Waals surface area contributed by atoms with Gasteiger partial charge in [0.05, 0.1) is 18.3 Å². The number of rotatable bonds is 5. The van der Waals surface area contributed by atoms with Gasteiger partial charge in [-0.05, 0) is 57.2 Å². The summed E-state index contributed by atoms with van der Waals surface area (Å²) in [7, 11) is 1.49. The first-order valence-corrected chi connectivity index (χ1v) is 9.92. The molecule has 3 rings (SSSR count). The number of hydrazone groups is 1. The Labute approximate surface area is 185 Å². The molecule has 0 saturated heterocycles. The first-order chi connectivity index (χ1) is 14.8. The molecule has 2 N–H and O–H groups in total. The number of carbonyl (C=O) groups is 2. The average molecular weight is 439 g/mol. The van der Waals surface area contributed by atoms with Crippen LogP contribution in [0, 0.1) is 20.8 Å². The fraction of sp³-hybridized carbons (Fsp3) is 0.174. The van der Waals surface area contributed by atoms with Crippen LogP contribution in [0.15, 0.2) is 53.6 Å². The van der Waals surface area contributed by atoms with Crippen molar-refractivity contribution < 1.29 is 14.3 Å². The zero-order chi connectivity index (χ0) is 22.5. The maximum atomic E-state index is 12.1. The minimum absolute atomic E-state index is 0.322. The number of benzene rings is 2. The largest absolute Gasteiger partial charge is 0.495 e. The van der Waals surface area contributed by atoms with Crippen LogP contribution in [0.4, 0.5) is 5.69 Å². The molecule has 160 valence electrons. The monoisotopic (exact) mass is 438 g/mol. The second-order valence-corrected chi connectivity index (χ2v) is 7.41. The summed E-state index contributed by atoms with van der Waals surface area (Å²) in [6, 6.07) is 14.8. The third-order valence-electron chi connectivity index (χ3n) is 4.75. The van der Waals surface area contributed by atoms with Crippen molar-refractivity contribution in [2.24, 2.45) is 5.10 Å². The highest BCUT2D eigenvalue weighted by Gasteiger charge is 2.14. The highest BCUT2D eigenvalue weighted by molar-refractivity contribution is 6.40. The maximum Gasteiger partial charge on any atom is 0.329 e. The van der Waals surface area contributed by atoms with Crippen LogP contribution in [-0.2, 0) is 9.59 Å². The van der Waals surface area contributed by atoms with E-state index in [0.717, 1.165) is 22.6 Å². The van der Waals surface area contributed by atoms with Crippen molar-refractivity contribution in [1.82, 2.24) is 9.99 Å². The minimum Gasteiger partial charge on any atom is -0.495 e. The highest BCUT2D eigenvalue weighted by atomic mass is 35.5. The Morgan fingerprint density at radius 1 is 1.03 bits per heavy atom. The summed E-state index contributed by atoms with van der Waals surface area (Å²) in [5.74, 6) is -1.28. The van der Waals surface area contributed by atoms with E-state index in [4.69, 9.17) is 16.3 Å². The highest BCUT2D eigenvalue weighted by Crippen LogP contribution is 2.27. The van der Waals surface area contributed by atoms with Gasteiger partial charge in [0.1, 0.15) is 5.75 Å². The molecular formula is C23H23ClN4O3. The molecule has 31 heavy (non-hydrogen) atoms. The molecule has 0 aliphatic carbocycles. The lowest BCUT2D eigenvalue weighted by atomic mass is 10.2. The maximum absolute atomic E-state index is 12.1. The number of aryl methyl sites for hydroxylation is 2. The number of nitrogens with zero attached hydrogens (tertiary/aromatic N) is 2. The van der Waals surface area contributed by atoms with Gasteiger partial charge in [-0.3, -0.25) is 9.59 Å². The molecule has 1 aromatic heterocycles. The van der Waals surface area contributed by atoms with E-state index >= 15 is 0 Å². The lowest BCUT2D eigenvalue weighted by Crippen LogP contribution is -2.32. The van der Waals surface area contributed by atoms with Crippen LogP contribution in [-0.4, -0.2) is 29.7 Å². The quantitative estimate of drug-likeness (QED) is 0.356. The summed E-state index contributed by atoms with van der Waals surface area (Å²) < 4.78 is 7.16. The van der Waals surface area contributed by atoms with Crippen LogP contribution in [0.25, 0.3) is 5.69 Å². The second kappa shape index (κ2) is 9.49. The van der Waals surface area contributed by atoms with Crippen LogP contribution < -0.4 is 15.5 Å². The molecule has 0 atom stereocenters. The smallest absolute Gasteiger partial charge is 0.329 e. The fourth-order valence-electron chi connectivity index (χ4n) is 3.15. The van der Waals surface area contributed by atoms with Crippen LogP contribution in [0.5, 0.6) is 5.75 Å². The van der Waals surface area contributed by atoms with Gasteiger partial charge in [0.15, 0.2) is 0 Å². The van der Waals surface area contributed by atoms with Gasteiger partial charge in [0, 0.05) is 28.3 Å². The van der Waals surface area contributed by atoms with E-state index in [1.165, 1.54) is 25.0 Å². The predicted octanol–water partition coefficient (Wildman–Crippen LogP) is 4.15. The molecule has 1 heterocycles. The van der Waals surface area contributed by atoms with Crippen LogP contribution in [0.3, 0.4) is 0 Å². The summed E-state index contributed by atoms with van der Waals surface area (Å²) in [5.41, 5.74) is 7.68. The number of hydrogen-bond donors (Lipinski definition) is 2. The van der Waals surface area contributed by atoms with E-state index in [0.29, 0.717) is 16.5 Å². The van der Waals surface area contributed by atoms with Crippen molar-refractivity contribution in [3.63, 3.8) is 0 Å². The molecule has 0 bridgehead atoms. The summed E-state index contributed by atoms with van der Waals surface area (Å²) in [6.45, 7) is 6.01. The number of hydrogen-bond acceptors (Lipinski definition) is 4. The minimum atomic E-state index is -0.893. The second-order valence-electron chi connectivity index (χ2n) is 7.00. The normalized spacial score (nSPS) is 10.9. The standard InChI is InChI=1S/C23H23ClN4O3/c1-14-5-8-19(9-6-14)28-15(2)11-17(16(28)3)13-25-27-23(30)22(29)26-18-7-10-21(31-4)20(24)12-18/h5-13H,1-4H3,(H,26,29)(H,27,30)/b25-13-. The lowest BCUT2D eigenvalue weighted by molar-refractivity contribution is -0.136. The zero-order valence-corrected chi connectivity index (χ0v) is 18.4. The van der Waals surface area contributed by atoms with Gasteiger partial charge in [0.2, 0.25) is 0 Å². The van der Waals surface area contributed by atoms with Crippen molar-refractivity contribution in [1.29, 1.82) is 0 Å². The van der Waals surface area contributed by atoms with E-state index < -0.39 is 11.8 Å². The summed E-state index contributed by atoms with van der Waals surface area (Å²) in [6.07, 6.45) is 1.52. The molecule has 2 aromatic carbocycles. The van der Waals surface area contributed by atoms with Gasteiger partial charge in [-0.15, -0.1) is 0 Å². The number of halogens is 1. The van der Waals surface area contributed by atoms with Crippen molar-refractivity contribution in [3.05, 3.63) is 76.1 Å².